The van der Waals surface area contributed by atoms with E-state index in [4.69, 9.17) is 9.97 Å². The summed E-state index contributed by atoms with van der Waals surface area (Å²) >= 11 is 0. The van der Waals surface area contributed by atoms with Gasteiger partial charge in [0.2, 0.25) is 0 Å². The first-order valence-corrected chi connectivity index (χ1v) is 15.0. The number of hydrogen-bond donors (Lipinski definition) is 0. The van der Waals surface area contributed by atoms with Crippen LogP contribution >= 0.6 is 0 Å². The summed E-state index contributed by atoms with van der Waals surface area (Å²) in [5.41, 5.74) is 8.34. The van der Waals surface area contributed by atoms with Crippen molar-refractivity contribution in [1.29, 1.82) is 5.26 Å². The third kappa shape index (κ3) is 4.70. The highest BCUT2D eigenvalue weighted by molar-refractivity contribution is 6.09. The van der Waals surface area contributed by atoms with Crippen molar-refractivity contribution < 1.29 is 4.39 Å². The standard InChI is InChI=1S/C41H25FN4/c42-35-22-20-30(37-25-36(28-11-3-1-4-12-28)44-41(45-37)29-13-5-2-6-14-29)24-34(35)33-21-19-27(26-43)23-40(33)46-38-17-9-7-15-31(38)32-16-8-10-18-39(32)46/h1-25H. The Bertz CT molecular complexity index is 2330. The van der Waals surface area contributed by atoms with Crippen LogP contribution in [0.15, 0.2) is 152 Å². The summed E-state index contributed by atoms with van der Waals surface area (Å²) in [4.78, 5) is 9.87. The lowest BCUT2D eigenvalue weighted by molar-refractivity contribution is 0.631. The Kier molecular flexibility index (Phi) is 6.67. The molecule has 0 unspecified atom stereocenters. The van der Waals surface area contributed by atoms with Gasteiger partial charge in [-0.25, -0.2) is 14.4 Å². The summed E-state index contributed by atoms with van der Waals surface area (Å²) < 4.78 is 18.1. The Hall–Kier alpha value is -6.38. The molecule has 2 aromatic heterocycles. The zero-order chi connectivity index (χ0) is 31.0. The predicted octanol–water partition coefficient (Wildman–Crippen LogP) is 10.3. The van der Waals surface area contributed by atoms with E-state index < -0.39 is 0 Å². The fraction of sp³-hybridized carbons (Fsp3) is 0. The Morgan fingerprint density at radius 1 is 0.522 bits per heavy atom. The number of aromatic nitrogens is 3. The third-order valence-electron chi connectivity index (χ3n) is 8.33. The second-order valence-electron chi connectivity index (χ2n) is 11.1. The molecule has 2 heterocycles. The van der Waals surface area contributed by atoms with Crippen LogP contribution in [-0.4, -0.2) is 14.5 Å². The molecule has 0 radical (unpaired) electrons. The Balaban J connectivity index is 1.36. The third-order valence-corrected chi connectivity index (χ3v) is 8.33. The first-order valence-electron chi connectivity index (χ1n) is 15.0. The van der Waals surface area contributed by atoms with Crippen LogP contribution in [0.25, 0.3) is 72.5 Å². The highest BCUT2D eigenvalue weighted by atomic mass is 19.1. The Morgan fingerprint density at radius 2 is 1.11 bits per heavy atom. The van der Waals surface area contributed by atoms with E-state index in [0.29, 0.717) is 28.2 Å². The van der Waals surface area contributed by atoms with Gasteiger partial charge in [-0.05, 0) is 48.5 Å². The zero-order valence-corrected chi connectivity index (χ0v) is 24.6. The first kappa shape index (κ1) is 27.2. The molecule has 0 bridgehead atoms. The van der Waals surface area contributed by atoms with Crippen molar-refractivity contribution in [3.05, 3.63) is 163 Å². The fourth-order valence-corrected chi connectivity index (χ4v) is 6.16. The minimum absolute atomic E-state index is 0.365. The Labute approximate surface area is 265 Å². The molecule has 6 aromatic carbocycles. The van der Waals surface area contributed by atoms with E-state index in [1.54, 1.807) is 12.1 Å². The maximum atomic E-state index is 16.0. The highest BCUT2D eigenvalue weighted by Crippen LogP contribution is 2.39. The van der Waals surface area contributed by atoms with Crippen molar-refractivity contribution in [2.24, 2.45) is 0 Å². The molecule has 0 fully saturated rings. The van der Waals surface area contributed by atoms with Crippen LogP contribution in [0.5, 0.6) is 0 Å². The summed E-state index contributed by atoms with van der Waals surface area (Å²) in [6.07, 6.45) is 0. The van der Waals surface area contributed by atoms with Gasteiger partial charge in [-0.15, -0.1) is 0 Å². The topological polar surface area (TPSA) is 54.5 Å². The van der Waals surface area contributed by atoms with Crippen molar-refractivity contribution in [3.8, 4) is 56.8 Å². The molecule has 0 atom stereocenters. The van der Waals surface area contributed by atoms with Gasteiger partial charge < -0.3 is 4.57 Å². The zero-order valence-electron chi connectivity index (χ0n) is 24.6. The van der Waals surface area contributed by atoms with Gasteiger partial charge in [0, 0.05) is 38.6 Å². The van der Waals surface area contributed by atoms with Crippen LogP contribution in [0.3, 0.4) is 0 Å². The normalized spacial score (nSPS) is 11.1. The van der Waals surface area contributed by atoms with Gasteiger partial charge in [0.15, 0.2) is 5.82 Å². The van der Waals surface area contributed by atoms with E-state index in [1.165, 1.54) is 6.07 Å². The maximum Gasteiger partial charge on any atom is 0.160 e. The Morgan fingerprint density at radius 3 is 1.76 bits per heavy atom. The maximum absolute atomic E-state index is 16.0. The quantitative estimate of drug-likeness (QED) is 0.200. The second kappa shape index (κ2) is 11.3. The predicted molar refractivity (Wildman–Crippen MR) is 183 cm³/mol. The highest BCUT2D eigenvalue weighted by Gasteiger charge is 2.19. The molecular formula is C41H25FN4. The molecule has 0 saturated carbocycles. The number of benzene rings is 6. The van der Waals surface area contributed by atoms with Gasteiger partial charge in [-0.1, -0.05) is 103 Å². The van der Waals surface area contributed by atoms with Gasteiger partial charge in [0.1, 0.15) is 5.82 Å². The molecule has 216 valence electrons. The molecule has 8 aromatic rings. The van der Waals surface area contributed by atoms with Crippen LogP contribution in [0.4, 0.5) is 4.39 Å². The van der Waals surface area contributed by atoms with Gasteiger partial charge in [0.05, 0.1) is 39.7 Å². The van der Waals surface area contributed by atoms with Crippen molar-refractivity contribution in [1.82, 2.24) is 14.5 Å². The molecule has 0 N–H and O–H groups in total. The number of halogens is 1. The van der Waals surface area contributed by atoms with Crippen LogP contribution < -0.4 is 0 Å². The van der Waals surface area contributed by atoms with Gasteiger partial charge in [-0.2, -0.15) is 5.26 Å². The smallest absolute Gasteiger partial charge is 0.160 e. The number of para-hydroxylation sites is 2. The summed E-state index contributed by atoms with van der Waals surface area (Å²) in [5, 5.41) is 12.1. The minimum atomic E-state index is -0.365. The SMILES string of the molecule is N#Cc1ccc(-c2cc(-c3cc(-c4ccccc4)nc(-c4ccccc4)n3)ccc2F)c(-n2c3ccccc3c3ccccc32)c1. The molecule has 0 amide bonds. The van der Waals surface area contributed by atoms with Crippen LogP contribution in [0.1, 0.15) is 5.56 Å². The van der Waals surface area contributed by atoms with E-state index in [9.17, 15) is 5.26 Å². The number of nitriles is 1. The molecule has 0 aliphatic rings. The molecular weight excluding hydrogens is 567 g/mol. The molecule has 5 heteroatoms. The molecule has 0 spiro atoms. The summed E-state index contributed by atoms with van der Waals surface area (Å²) in [7, 11) is 0. The number of hydrogen-bond acceptors (Lipinski definition) is 3. The first-order chi connectivity index (χ1) is 22.7. The van der Waals surface area contributed by atoms with E-state index in [0.717, 1.165) is 49.9 Å². The molecule has 46 heavy (non-hydrogen) atoms. The molecule has 0 aliphatic carbocycles. The molecule has 4 nitrogen and oxygen atoms in total. The average Bonchev–Trinajstić information content (AvgIpc) is 3.46. The monoisotopic (exact) mass is 592 g/mol. The molecule has 0 saturated heterocycles. The molecule has 8 rings (SSSR count). The van der Waals surface area contributed by atoms with Crippen molar-refractivity contribution in [2.75, 3.05) is 0 Å². The van der Waals surface area contributed by atoms with E-state index in [1.807, 2.05) is 109 Å². The van der Waals surface area contributed by atoms with E-state index >= 15 is 4.39 Å². The van der Waals surface area contributed by atoms with Crippen molar-refractivity contribution in [2.45, 2.75) is 0 Å². The van der Waals surface area contributed by atoms with Gasteiger partial charge >= 0.3 is 0 Å². The van der Waals surface area contributed by atoms with Crippen LogP contribution in [0.2, 0.25) is 0 Å². The van der Waals surface area contributed by atoms with Gasteiger partial charge in [0.25, 0.3) is 0 Å². The van der Waals surface area contributed by atoms with Gasteiger partial charge in [-0.3, -0.25) is 0 Å². The van der Waals surface area contributed by atoms with Crippen LogP contribution in [0, 0.1) is 17.1 Å². The largest absolute Gasteiger partial charge is 0.309 e. The number of rotatable bonds is 5. The van der Waals surface area contributed by atoms with Crippen molar-refractivity contribution >= 4 is 21.8 Å². The van der Waals surface area contributed by atoms with Crippen molar-refractivity contribution in [3.63, 3.8) is 0 Å². The summed E-state index contributed by atoms with van der Waals surface area (Å²) in [6, 6.07) is 50.9. The lowest BCUT2D eigenvalue weighted by Crippen LogP contribution is -2.00. The fourth-order valence-electron chi connectivity index (χ4n) is 6.16. The minimum Gasteiger partial charge on any atom is -0.309 e. The number of nitrogens with zero attached hydrogens (tertiary/aromatic N) is 4. The lowest BCUT2D eigenvalue weighted by atomic mass is 9.97. The van der Waals surface area contributed by atoms with Crippen LogP contribution in [-0.2, 0) is 0 Å². The lowest BCUT2D eigenvalue weighted by Gasteiger charge is -2.16. The van der Waals surface area contributed by atoms with E-state index in [2.05, 4.69) is 34.9 Å². The number of fused-ring (bicyclic) bond motifs is 3. The average molecular weight is 593 g/mol. The summed E-state index contributed by atoms with van der Waals surface area (Å²) in [5.74, 6) is 0.225. The molecule has 0 aliphatic heterocycles. The van der Waals surface area contributed by atoms with E-state index in [-0.39, 0.29) is 5.82 Å². The summed E-state index contributed by atoms with van der Waals surface area (Å²) in [6.45, 7) is 0. The second-order valence-corrected chi connectivity index (χ2v) is 11.1.